The normalized spacial score (nSPS) is 13.2. The zero-order chi connectivity index (χ0) is 14.5. The van der Waals surface area contributed by atoms with Crippen LogP contribution >= 0.6 is 0 Å². The van der Waals surface area contributed by atoms with Crippen LogP contribution < -0.4 is 5.32 Å². The summed E-state index contributed by atoms with van der Waals surface area (Å²) in [5.74, 6) is 0. The Hall–Kier alpha value is -1.55. The number of rotatable bonds is 4. The molecule has 1 N–H and O–H groups in total. The van der Waals surface area contributed by atoms with E-state index in [1.54, 1.807) is 0 Å². The average Bonchev–Trinajstić information content (AvgIpc) is 2.26. The third-order valence-corrected chi connectivity index (χ3v) is 2.44. The lowest BCUT2D eigenvalue weighted by atomic mass is 10.1. The van der Waals surface area contributed by atoms with Gasteiger partial charge in [0.15, 0.2) is 0 Å². The fourth-order valence-electron chi connectivity index (χ4n) is 1.73. The van der Waals surface area contributed by atoms with Crippen molar-refractivity contribution < 1.29 is 9.53 Å². The summed E-state index contributed by atoms with van der Waals surface area (Å²) in [4.78, 5) is 13.9. The summed E-state index contributed by atoms with van der Waals surface area (Å²) in [6.07, 6.45) is -0.386. The van der Waals surface area contributed by atoms with E-state index < -0.39 is 5.60 Å². The molecule has 0 radical (unpaired) electrons. The highest BCUT2D eigenvalue weighted by atomic mass is 16.6. The first-order valence-corrected chi connectivity index (χ1v) is 6.47. The van der Waals surface area contributed by atoms with E-state index in [0.717, 1.165) is 12.1 Å². The molecular formula is C15H24N2O2. The smallest absolute Gasteiger partial charge is 0.408 e. The molecule has 19 heavy (non-hydrogen) atoms. The van der Waals surface area contributed by atoms with Crippen LogP contribution in [0.5, 0.6) is 0 Å². The molecule has 4 nitrogen and oxygen atoms in total. The SMILES string of the molecule is CN(C)C[C@H](NC(=O)OC(C)(C)C)c1ccccc1. The van der Waals surface area contributed by atoms with Gasteiger partial charge in [0.1, 0.15) is 5.60 Å². The van der Waals surface area contributed by atoms with Crippen LogP contribution in [0.15, 0.2) is 30.3 Å². The number of likely N-dealkylation sites (N-methyl/N-ethyl adjacent to an activating group) is 1. The summed E-state index contributed by atoms with van der Waals surface area (Å²) in [6.45, 7) is 6.30. The molecule has 0 aliphatic rings. The lowest BCUT2D eigenvalue weighted by Crippen LogP contribution is -2.38. The van der Waals surface area contributed by atoms with Crippen molar-refractivity contribution in [3.05, 3.63) is 35.9 Å². The van der Waals surface area contributed by atoms with Gasteiger partial charge in [-0.1, -0.05) is 30.3 Å². The minimum absolute atomic E-state index is 0.0777. The van der Waals surface area contributed by atoms with E-state index in [-0.39, 0.29) is 12.1 Å². The van der Waals surface area contributed by atoms with E-state index in [1.165, 1.54) is 0 Å². The van der Waals surface area contributed by atoms with Crippen molar-refractivity contribution in [1.82, 2.24) is 10.2 Å². The second-order valence-electron chi connectivity index (χ2n) is 5.87. The molecule has 0 saturated carbocycles. The lowest BCUT2D eigenvalue weighted by molar-refractivity contribution is 0.0496. The molecule has 0 fully saturated rings. The Kier molecular flexibility index (Phi) is 5.36. The molecule has 4 heteroatoms. The highest BCUT2D eigenvalue weighted by Gasteiger charge is 2.20. The van der Waals surface area contributed by atoms with E-state index in [2.05, 4.69) is 5.32 Å². The van der Waals surface area contributed by atoms with Crippen LogP contribution in [0.4, 0.5) is 4.79 Å². The van der Waals surface area contributed by atoms with Crippen LogP contribution in [0.1, 0.15) is 32.4 Å². The van der Waals surface area contributed by atoms with Crippen LogP contribution in [-0.4, -0.2) is 37.2 Å². The number of ether oxygens (including phenoxy) is 1. The van der Waals surface area contributed by atoms with E-state index in [4.69, 9.17) is 4.74 Å². The van der Waals surface area contributed by atoms with Crippen molar-refractivity contribution in [1.29, 1.82) is 0 Å². The predicted molar refractivity (Wildman–Crippen MR) is 77.1 cm³/mol. The second kappa shape index (κ2) is 6.57. The van der Waals surface area contributed by atoms with Crippen LogP contribution in [0.3, 0.4) is 0 Å². The molecule has 1 aromatic carbocycles. The van der Waals surface area contributed by atoms with Crippen molar-refractivity contribution in [2.45, 2.75) is 32.4 Å². The van der Waals surface area contributed by atoms with Crippen LogP contribution in [0.2, 0.25) is 0 Å². The van der Waals surface area contributed by atoms with Crippen molar-refractivity contribution >= 4 is 6.09 Å². The summed E-state index contributed by atoms with van der Waals surface area (Å²) >= 11 is 0. The van der Waals surface area contributed by atoms with E-state index in [1.807, 2.05) is 70.1 Å². The molecule has 0 aromatic heterocycles. The number of nitrogens with one attached hydrogen (secondary N) is 1. The Labute approximate surface area is 115 Å². The summed E-state index contributed by atoms with van der Waals surface area (Å²) in [5.41, 5.74) is 0.589. The molecule has 1 atom stereocenters. The van der Waals surface area contributed by atoms with Gasteiger partial charge in [-0.15, -0.1) is 0 Å². The summed E-state index contributed by atoms with van der Waals surface area (Å²) in [5, 5.41) is 2.92. The van der Waals surface area contributed by atoms with Gasteiger partial charge in [-0.25, -0.2) is 4.79 Å². The maximum Gasteiger partial charge on any atom is 0.408 e. The van der Waals surface area contributed by atoms with Crippen molar-refractivity contribution in [2.24, 2.45) is 0 Å². The first-order chi connectivity index (χ1) is 8.78. The molecule has 0 aliphatic carbocycles. The molecule has 106 valence electrons. The van der Waals surface area contributed by atoms with E-state index >= 15 is 0 Å². The molecule has 0 saturated heterocycles. The topological polar surface area (TPSA) is 41.6 Å². The maximum absolute atomic E-state index is 11.9. The van der Waals surface area contributed by atoms with Gasteiger partial charge in [0.05, 0.1) is 6.04 Å². The van der Waals surface area contributed by atoms with Gasteiger partial charge in [0.2, 0.25) is 0 Å². The average molecular weight is 264 g/mol. The Balaban J connectivity index is 2.73. The van der Waals surface area contributed by atoms with Crippen molar-refractivity contribution in [2.75, 3.05) is 20.6 Å². The Bertz CT molecular complexity index is 396. The molecule has 0 heterocycles. The number of hydrogen-bond donors (Lipinski definition) is 1. The minimum Gasteiger partial charge on any atom is -0.444 e. The van der Waals surface area contributed by atoms with Gasteiger partial charge in [-0.3, -0.25) is 0 Å². The second-order valence-corrected chi connectivity index (χ2v) is 5.87. The maximum atomic E-state index is 11.9. The van der Waals surface area contributed by atoms with Gasteiger partial charge >= 0.3 is 6.09 Å². The number of hydrogen-bond acceptors (Lipinski definition) is 3. The standard InChI is InChI=1S/C15H24N2O2/c1-15(2,3)19-14(18)16-13(11-17(4)5)12-9-7-6-8-10-12/h6-10,13H,11H2,1-5H3,(H,16,18)/t13-/m0/s1. The Morgan fingerprint density at radius 2 is 1.84 bits per heavy atom. The van der Waals surface area contributed by atoms with Gasteiger partial charge in [-0.2, -0.15) is 0 Å². The largest absolute Gasteiger partial charge is 0.444 e. The quantitative estimate of drug-likeness (QED) is 0.909. The minimum atomic E-state index is -0.483. The fraction of sp³-hybridized carbons (Fsp3) is 0.533. The summed E-state index contributed by atoms with van der Waals surface area (Å²) in [7, 11) is 3.96. The van der Waals surface area contributed by atoms with E-state index in [0.29, 0.717) is 0 Å². The number of benzene rings is 1. The molecule has 1 amide bonds. The summed E-state index contributed by atoms with van der Waals surface area (Å²) in [6, 6.07) is 9.83. The molecule has 0 bridgehead atoms. The molecule has 0 spiro atoms. The first kappa shape index (κ1) is 15.5. The lowest BCUT2D eigenvalue weighted by Gasteiger charge is -2.25. The molecule has 0 aliphatic heterocycles. The van der Waals surface area contributed by atoms with Gasteiger partial charge < -0.3 is 15.0 Å². The number of amides is 1. The fourth-order valence-corrected chi connectivity index (χ4v) is 1.73. The van der Waals surface area contributed by atoms with E-state index in [9.17, 15) is 4.79 Å². The highest BCUT2D eigenvalue weighted by molar-refractivity contribution is 5.68. The van der Waals surface area contributed by atoms with Crippen LogP contribution in [-0.2, 0) is 4.74 Å². The molecule has 0 unspecified atom stereocenters. The third kappa shape index (κ3) is 6.25. The summed E-state index contributed by atoms with van der Waals surface area (Å²) < 4.78 is 5.30. The predicted octanol–water partition coefficient (Wildman–Crippen LogP) is 2.81. The molecular weight excluding hydrogens is 240 g/mol. The van der Waals surface area contributed by atoms with Gasteiger partial charge in [-0.05, 0) is 40.4 Å². The molecule has 1 aromatic rings. The zero-order valence-electron chi connectivity index (χ0n) is 12.4. The number of nitrogens with zero attached hydrogens (tertiary/aromatic N) is 1. The number of alkyl carbamates (subject to hydrolysis) is 1. The molecule has 1 rings (SSSR count). The van der Waals surface area contributed by atoms with Crippen molar-refractivity contribution in [3.63, 3.8) is 0 Å². The van der Waals surface area contributed by atoms with Crippen LogP contribution in [0.25, 0.3) is 0 Å². The highest BCUT2D eigenvalue weighted by Crippen LogP contribution is 2.15. The van der Waals surface area contributed by atoms with Crippen molar-refractivity contribution in [3.8, 4) is 0 Å². The van der Waals surface area contributed by atoms with Gasteiger partial charge in [0, 0.05) is 6.54 Å². The van der Waals surface area contributed by atoms with Crippen LogP contribution in [0, 0.1) is 0 Å². The number of carbonyl (C=O) groups is 1. The Morgan fingerprint density at radius 3 is 2.32 bits per heavy atom. The first-order valence-electron chi connectivity index (χ1n) is 6.47. The Morgan fingerprint density at radius 1 is 1.26 bits per heavy atom. The number of carbonyl (C=O) groups excluding carboxylic acids is 1. The third-order valence-electron chi connectivity index (χ3n) is 2.44. The van der Waals surface area contributed by atoms with Gasteiger partial charge in [0.25, 0.3) is 0 Å². The zero-order valence-corrected chi connectivity index (χ0v) is 12.4. The monoisotopic (exact) mass is 264 g/mol.